The number of aryl methyl sites for hydroxylation is 1. The van der Waals surface area contributed by atoms with Gasteiger partial charge in [0.1, 0.15) is 5.82 Å². The highest BCUT2D eigenvalue weighted by atomic mass is 19.4. The number of benzene rings is 1. The van der Waals surface area contributed by atoms with E-state index in [-0.39, 0.29) is 30.1 Å². The van der Waals surface area contributed by atoms with Crippen molar-refractivity contribution in [1.29, 1.82) is 0 Å². The van der Waals surface area contributed by atoms with Crippen LogP contribution < -0.4 is 10.2 Å². The molecule has 1 aliphatic heterocycles. The molecule has 0 unspecified atom stereocenters. The van der Waals surface area contributed by atoms with Crippen molar-refractivity contribution < 1.29 is 26.7 Å². The molecule has 0 bridgehead atoms. The molecule has 0 atom stereocenters. The van der Waals surface area contributed by atoms with Crippen LogP contribution in [0.2, 0.25) is 0 Å². The SMILES string of the molecule is CC(C)(C)CC(=O)Nc1nc2c(cc1F)N(Cc1ccc(C(F)(F)F)c(F)c1)CCC2. The van der Waals surface area contributed by atoms with Gasteiger partial charge in [-0.15, -0.1) is 0 Å². The van der Waals surface area contributed by atoms with Crippen LogP contribution in [-0.2, 0) is 23.9 Å². The Hall–Kier alpha value is -2.71. The van der Waals surface area contributed by atoms with Crippen molar-refractivity contribution in [2.24, 2.45) is 5.41 Å². The van der Waals surface area contributed by atoms with Gasteiger partial charge < -0.3 is 10.2 Å². The molecule has 0 radical (unpaired) electrons. The number of amides is 1. The fraction of sp³-hybridized carbons (Fsp3) is 0.455. The van der Waals surface area contributed by atoms with Crippen molar-refractivity contribution in [2.45, 2.75) is 52.8 Å². The Bertz CT molecular complexity index is 982. The molecule has 2 aromatic rings. The van der Waals surface area contributed by atoms with Crippen LogP contribution >= 0.6 is 0 Å². The molecule has 9 heteroatoms. The number of anilines is 2. The van der Waals surface area contributed by atoms with Crippen LogP contribution in [0.1, 0.15) is 50.4 Å². The standard InChI is InChI=1S/C22H24F5N3O/c1-21(2,3)11-19(31)29-20-16(24)10-18-17(28-20)5-4-8-30(18)12-13-6-7-14(15(23)9-13)22(25,26)27/h6-7,9-10H,4-5,8,11-12H2,1-3H3,(H,28,29,31). The van der Waals surface area contributed by atoms with E-state index in [1.165, 1.54) is 12.1 Å². The van der Waals surface area contributed by atoms with E-state index < -0.39 is 23.4 Å². The molecule has 1 amide bonds. The van der Waals surface area contributed by atoms with Gasteiger partial charge in [-0.1, -0.05) is 26.8 Å². The normalized spacial score (nSPS) is 14.4. The summed E-state index contributed by atoms with van der Waals surface area (Å²) in [5, 5.41) is 2.51. The van der Waals surface area contributed by atoms with Gasteiger partial charge in [0.15, 0.2) is 11.6 Å². The van der Waals surface area contributed by atoms with Gasteiger partial charge in [-0.2, -0.15) is 13.2 Å². The minimum Gasteiger partial charge on any atom is -0.366 e. The summed E-state index contributed by atoms with van der Waals surface area (Å²) < 4.78 is 66.9. The van der Waals surface area contributed by atoms with Gasteiger partial charge in [-0.3, -0.25) is 4.79 Å². The molecule has 31 heavy (non-hydrogen) atoms. The largest absolute Gasteiger partial charge is 0.419 e. The summed E-state index contributed by atoms with van der Waals surface area (Å²) >= 11 is 0. The highest BCUT2D eigenvalue weighted by Gasteiger charge is 2.34. The third-order valence-electron chi connectivity index (χ3n) is 4.88. The molecule has 4 nitrogen and oxygen atoms in total. The fourth-order valence-corrected chi connectivity index (χ4v) is 3.55. The molecule has 168 valence electrons. The molecule has 3 rings (SSSR count). The maximum atomic E-state index is 14.6. The first-order valence-electron chi connectivity index (χ1n) is 9.93. The van der Waals surface area contributed by atoms with Gasteiger partial charge in [0, 0.05) is 25.6 Å². The van der Waals surface area contributed by atoms with Gasteiger partial charge in [0.2, 0.25) is 5.91 Å². The third-order valence-corrected chi connectivity index (χ3v) is 4.88. The van der Waals surface area contributed by atoms with Crippen molar-refractivity contribution >= 4 is 17.4 Å². The van der Waals surface area contributed by atoms with E-state index in [0.29, 0.717) is 42.4 Å². The number of hydrogen-bond acceptors (Lipinski definition) is 3. The van der Waals surface area contributed by atoms with Crippen LogP contribution in [-0.4, -0.2) is 17.4 Å². The predicted octanol–water partition coefficient (Wildman–Crippen LogP) is 5.71. The predicted molar refractivity (Wildman–Crippen MR) is 108 cm³/mol. The summed E-state index contributed by atoms with van der Waals surface area (Å²) in [5.41, 5.74) is -0.188. The Morgan fingerprint density at radius 2 is 1.84 bits per heavy atom. The smallest absolute Gasteiger partial charge is 0.366 e. The van der Waals surface area contributed by atoms with E-state index in [2.05, 4.69) is 10.3 Å². The van der Waals surface area contributed by atoms with Gasteiger partial charge in [0.25, 0.3) is 0 Å². The van der Waals surface area contributed by atoms with Gasteiger partial charge >= 0.3 is 6.18 Å². The number of aromatic nitrogens is 1. The monoisotopic (exact) mass is 441 g/mol. The molecule has 1 N–H and O–H groups in total. The van der Waals surface area contributed by atoms with E-state index in [1.807, 2.05) is 20.8 Å². The number of nitrogens with one attached hydrogen (secondary N) is 1. The zero-order valence-corrected chi connectivity index (χ0v) is 17.5. The molecule has 0 saturated heterocycles. The zero-order valence-electron chi connectivity index (χ0n) is 17.5. The van der Waals surface area contributed by atoms with Crippen LogP contribution in [0.15, 0.2) is 24.3 Å². The number of pyridine rings is 1. The number of carbonyl (C=O) groups excluding carboxylic acids is 1. The molecule has 1 aliphatic rings. The van der Waals surface area contributed by atoms with Crippen LogP contribution in [0.3, 0.4) is 0 Å². The molecular formula is C22H24F5N3O. The minimum absolute atomic E-state index is 0.110. The molecule has 2 heterocycles. The Morgan fingerprint density at radius 1 is 1.13 bits per heavy atom. The van der Waals surface area contributed by atoms with E-state index in [0.717, 1.165) is 6.07 Å². The molecular weight excluding hydrogens is 417 g/mol. The van der Waals surface area contributed by atoms with Crippen LogP contribution in [0.25, 0.3) is 0 Å². The van der Waals surface area contributed by atoms with E-state index in [1.54, 1.807) is 4.90 Å². The number of hydrogen-bond donors (Lipinski definition) is 1. The van der Waals surface area contributed by atoms with Gasteiger partial charge in [-0.25, -0.2) is 13.8 Å². The summed E-state index contributed by atoms with van der Waals surface area (Å²) in [6.45, 7) is 6.31. The first kappa shape index (κ1) is 23.0. The van der Waals surface area contributed by atoms with Crippen LogP contribution in [0.5, 0.6) is 0 Å². The fourth-order valence-electron chi connectivity index (χ4n) is 3.55. The minimum atomic E-state index is -4.76. The highest BCUT2D eigenvalue weighted by Crippen LogP contribution is 2.34. The second kappa shape index (κ2) is 8.43. The maximum absolute atomic E-state index is 14.6. The molecule has 0 fully saturated rings. The molecule has 1 aromatic heterocycles. The number of fused-ring (bicyclic) bond motifs is 1. The van der Waals surface area contributed by atoms with Gasteiger partial charge in [-0.05, 0) is 36.0 Å². The average molecular weight is 441 g/mol. The summed E-state index contributed by atoms with van der Waals surface area (Å²) in [6, 6.07) is 4.03. The quantitative estimate of drug-likeness (QED) is 0.619. The highest BCUT2D eigenvalue weighted by molar-refractivity contribution is 5.90. The summed E-state index contributed by atoms with van der Waals surface area (Å²) in [5.74, 6) is -2.53. The first-order chi connectivity index (χ1) is 14.3. The number of rotatable bonds is 4. The third kappa shape index (κ3) is 5.71. The Balaban J connectivity index is 1.81. The van der Waals surface area contributed by atoms with Crippen molar-refractivity contribution in [2.75, 3.05) is 16.8 Å². The Labute approximate surface area is 177 Å². The van der Waals surface area contributed by atoms with E-state index in [9.17, 15) is 26.7 Å². The topological polar surface area (TPSA) is 45.2 Å². The van der Waals surface area contributed by atoms with Crippen LogP contribution in [0.4, 0.5) is 33.5 Å². The lowest BCUT2D eigenvalue weighted by Gasteiger charge is -2.31. The van der Waals surface area contributed by atoms with E-state index in [4.69, 9.17) is 0 Å². The molecule has 0 spiro atoms. The second-order valence-corrected chi connectivity index (χ2v) is 8.91. The lowest BCUT2D eigenvalue weighted by atomic mass is 9.92. The zero-order chi connectivity index (χ0) is 23.0. The summed E-state index contributed by atoms with van der Waals surface area (Å²) in [6.07, 6.45) is -3.31. The van der Waals surface area contributed by atoms with Gasteiger partial charge in [0.05, 0.1) is 16.9 Å². The molecule has 0 aliphatic carbocycles. The van der Waals surface area contributed by atoms with Crippen LogP contribution in [0, 0.1) is 17.0 Å². The van der Waals surface area contributed by atoms with Crippen molar-refractivity contribution in [1.82, 2.24) is 4.98 Å². The lowest BCUT2D eigenvalue weighted by Crippen LogP contribution is -2.30. The molecule has 0 saturated carbocycles. The van der Waals surface area contributed by atoms with E-state index >= 15 is 0 Å². The number of alkyl halides is 3. The first-order valence-corrected chi connectivity index (χ1v) is 9.93. The summed E-state index contributed by atoms with van der Waals surface area (Å²) in [4.78, 5) is 18.2. The molecule has 1 aromatic carbocycles. The Morgan fingerprint density at radius 3 is 2.45 bits per heavy atom. The lowest BCUT2D eigenvalue weighted by molar-refractivity contribution is -0.140. The summed E-state index contributed by atoms with van der Waals surface area (Å²) in [7, 11) is 0. The van der Waals surface area contributed by atoms with Crippen molar-refractivity contribution in [3.8, 4) is 0 Å². The average Bonchev–Trinajstić information content (AvgIpc) is 2.60. The number of carbonyl (C=O) groups is 1. The van der Waals surface area contributed by atoms with Crippen molar-refractivity contribution in [3.05, 3.63) is 52.7 Å². The Kier molecular flexibility index (Phi) is 6.25. The number of nitrogens with zero attached hydrogens (tertiary/aromatic N) is 2. The maximum Gasteiger partial charge on any atom is 0.419 e. The number of halogens is 5. The second-order valence-electron chi connectivity index (χ2n) is 8.91. The van der Waals surface area contributed by atoms with Crippen molar-refractivity contribution in [3.63, 3.8) is 0 Å².